The van der Waals surface area contributed by atoms with Gasteiger partial charge in [0.05, 0.1) is 12.2 Å². The Kier molecular flexibility index (Phi) is 6.26. The fourth-order valence-corrected chi connectivity index (χ4v) is 2.61. The highest BCUT2D eigenvalue weighted by Crippen LogP contribution is 2.30. The SMILES string of the molecule is CC(C)(O)CCc1cc(O)ccc1OC1OC(CO)C(O)C(O)C1O. The highest BCUT2D eigenvalue weighted by molar-refractivity contribution is 5.40. The van der Waals surface area contributed by atoms with Crippen molar-refractivity contribution >= 4 is 0 Å². The molecule has 25 heavy (non-hydrogen) atoms. The Hall–Kier alpha value is -1.42. The van der Waals surface area contributed by atoms with Gasteiger partial charge in [0.2, 0.25) is 6.29 Å². The first kappa shape index (κ1) is 19.9. The van der Waals surface area contributed by atoms with Gasteiger partial charge in [0.25, 0.3) is 0 Å². The average Bonchev–Trinajstić information content (AvgIpc) is 2.54. The van der Waals surface area contributed by atoms with Crippen LogP contribution in [0, 0.1) is 0 Å². The lowest BCUT2D eigenvalue weighted by Crippen LogP contribution is -2.60. The van der Waals surface area contributed by atoms with Gasteiger partial charge in [-0.2, -0.15) is 0 Å². The molecule has 2 rings (SSSR count). The summed E-state index contributed by atoms with van der Waals surface area (Å²) in [5, 5.41) is 58.5. The van der Waals surface area contributed by atoms with Crippen LogP contribution in [-0.4, -0.2) is 73.6 Å². The first-order valence-corrected chi connectivity index (χ1v) is 8.14. The lowest BCUT2D eigenvalue weighted by molar-refractivity contribution is -0.277. The van der Waals surface area contributed by atoms with Gasteiger partial charge in [0, 0.05) is 0 Å². The van der Waals surface area contributed by atoms with E-state index in [1.54, 1.807) is 13.8 Å². The number of phenolic OH excluding ortho intramolecular Hbond substituents is 1. The van der Waals surface area contributed by atoms with E-state index < -0.39 is 42.9 Å². The van der Waals surface area contributed by atoms with Gasteiger partial charge in [-0.3, -0.25) is 0 Å². The van der Waals surface area contributed by atoms with E-state index in [0.717, 1.165) is 0 Å². The van der Waals surface area contributed by atoms with Crippen LogP contribution in [-0.2, 0) is 11.2 Å². The number of phenols is 1. The van der Waals surface area contributed by atoms with Gasteiger partial charge in [0.1, 0.15) is 35.9 Å². The second kappa shape index (κ2) is 7.86. The first-order valence-electron chi connectivity index (χ1n) is 8.14. The van der Waals surface area contributed by atoms with Gasteiger partial charge in [-0.15, -0.1) is 0 Å². The van der Waals surface area contributed by atoms with Gasteiger partial charge in [-0.1, -0.05) is 0 Å². The van der Waals surface area contributed by atoms with Crippen molar-refractivity contribution in [1.29, 1.82) is 0 Å². The van der Waals surface area contributed by atoms with Gasteiger partial charge in [-0.25, -0.2) is 0 Å². The van der Waals surface area contributed by atoms with Crippen LogP contribution in [0.15, 0.2) is 18.2 Å². The van der Waals surface area contributed by atoms with Crippen molar-refractivity contribution in [2.75, 3.05) is 6.61 Å². The quantitative estimate of drug-likeness (QED) is 0.391. The van der Waals surface area contributed by atoms with Crippen LogP contribution in [0.25, 0.3) is 0 Å². The van der Waals surface area contributed by atoms with Crippen molar-refractivity contribution < 1.29 is 40.1 Å². The van der Waals surface area contributed by atoms with Crippen molar-refractivity contribution in [3.8, 4) is 11.5 Å². The second-order valence-corrected chi connectivity index (χ2v) is 6.92. The van der Waals surface area contributed by atoms with E-state index >= 15 is 0 Å². The van der Waals surface area contributed by atoms with Crippen molar-refractivity contribution in [2.24, 2.45) is 0 Å². The van der Waals surface area contributed by atoms with E-state index in [4.69, 9.17) is 9.47 Å². The van der Waals surface area contributed by atoms with Crippen LogP contribution < -0.4 is 4.74 Å². The maximum Gasteiger partial charge on any atom is 0.229 e. The van der Waals surface area contributed by atoms with Gasteiger partial charge >= 0.3 is 0 Å². The van der Waals surface area contributed by atoms with E-state index in [-0.39, 0.29) is 5.75 Å². The molecule has 0 amide bonds. The molecule has 8 nitrogen and oxygen atoms in total. The molecule has 8 heteroatoms. The Morgan fingerprint density at radius 2 is 1.80 bits per heavy atom. The minimum absolute atomic E-state index is 0.0203. The molecule has 6 N–H and O–H groups in total. The fraction of sp³-hybridized carbons (Fsp3) is 0.647. The number of hydrogen-bond acceptors (Lipinski definition) is 8. The molecule has 0 spiro atoms. The molecule has 0 saturated carbocycles. The van der Waals surface area contributed by atoms with Crippen molar-refractivity contribution in [3.63, 3.8) is 0 Å². The number of aliphatic hydroxyl groups is 5. The summed E-state index contributed by atoms with van der Waals surface area (Å²) in [7, 11) is 0. The standard InChI is InChI=1S/C17H26O8/c1-17(2,23)6-5-9-7-10(19)3-4-11(9)24-16-15(22)14(21)13(20)12(8-18)25-16/h3-4,7,12-16,18-23H,5-6,8H2,1-2H3. The zero-order valence-corrected chi connectivity index (χ0v) is 14.2. The summed E-state index contributed by atoms with van der Waals surface area (Å²) >= 11 is 0. The molecule has 1 fully saturated rings. The van der Waals surface area contributed by atoms with Crippen molar-refractivity contribution in [2.45, 2.75) is 63.0 Å². The van der Waals surface area contributed by atoms with E-state index in [2.05, 4.69) is 0 Å². The predicted octanol–water partition coefficient (Wildman–Crippen LogP) is -0.726. The molecule has 1 aromatic rings. The van der Waals surface area contributed by atoms with Gasteiger partial charge in [-0.05, 0) is 50.5 Å². The number of ether oxygens (including phenoxy) is 2. The van der Waals surface area contributed by atoms with Crippen LogP contribution in [0.5, 0.6) is 11.5 Å². The number of aryl methyl sites for hydroxylation is 1. The summed E-state index contributed by atoms with van der Waals surface area (Å²) in [5.74, 6) is 0.318. The minimum atomic E-state index is -1.53. The highest BCUT2D eigenvalue weighted by Gasteiger charge is 2.44. The van der Waals surface area contributed by atoms with Crippen LogP contribution in [0.1, 0.15) is 25.8 Å². The molecule has 1 heterocycles. The molecule has 1 aromatic carbocycles. The molecule has 142 valence electrons. The molecule has 0 radical (unpaired) electrons. The summed E-state index contributed by atoms with van der Waals surface area (Å²) in [6.07, 6.45) is -6.09. The monoisotopic (exact) mass is 358 g/mol. The van der Waals surface area contributed by atoms with E-state index in [0.29, 0.717) is 24.2 Å². The Morgan fingerprint density at radius 3 is 2.40 bits per heavy atom. The fourth-order valence-electron chi connectivity index (χ4n) is 2.61. The van der Waals surface area contributed by atoms with E-state index in [1.807, 2.05) is 0 Å². The zero-order valence-electron chi connectivity index (χ0n) is 14.2. The molecule has 1 aliphatic heterocycles. The number of aliphatic hydroxyl groups excluding tert-OH is 4. The third-order valence-corrected chi connectivity index (χ3v) is 4.14. The minimum Gasteiger partial charge on any atom is -0.508 e. The lowest BCUT2D eigenvalue weighted by Gasteiger charge is -2.39. The molecule has 5 unspecified atom stereocenters. The summed E-state index contributed by atoms with van der Waals surface area (Å²) in [6, 6.07) is 4.36. The second-order valence-electron chi connectivity index (χ2n) is 6.92. The molecule has 1 aliphatic rings. The third kappa shape index (κ3) is 5.04. The van der Waals surface area contributed by atoms with Crippen LogP contribution in [0.3, 0.4) is 0 Å². The first-order chi connectivity index (χ1) is 11.6. The van der Waals surface area contributed by atoms with E-state index in [9.17, 15) is 30.6 Å². The number of aromatic hydroxyl groups is 1. The summed E-state index contributed by atoms with van der Waals surface area (Å²) in [4.78, 5) is 0. The van der Waals surface area contributed by atoms with Crippen molar-refractivity contribution in [1.82, 2.24) is 0 Å². The molecule has 1 saturated heterocycles. The maximum atomic E-state index is 10.1. The smallest absolute Gasteiger partial charge is 0.229 e. The van der Waals surface area contributed by atoms with E-state index in [1.165, 1.54) is 18.2 Å². The van der Waals surface area contributed by atoms with Gasteiger partial charge in [0.15, 0.2) is 0 Å². The Morgan fingerprint density at radius 1 is 1.12 bits per heavy atom. The highest BCUT2D eigenvalue weighted by atomic mass is 16.7. The van der Waals surface area contributed by atoms with Crippen LogP contribution in [0.2, 0.25) is 0 Å². The molecular formula is C17H26O8. The molecule has 0 aromatic heterocycles. The normalized spacial score (nSPS) is 30.3. The summed E-state index contributed by atoms with van der Waals surface area (Å²) in [6.45, 7) is 2.77. The zero-order chi connectivity index (χ0) is 18.8. The average molecular weight is 358 g/mol. The lowest BCUT2D eigenvalue weighted by atomic mass is 9.97. The predicted molar refractivity (Wildman–Crippen MR) is 87.1 cm³/mol. The Labute approximate surface area is 145 Å². The molecule has 0 aliphatic carbocycles. The van der Waals surface area contributed by atoms with Crippen molar-refractivity contribution in [3.05, 3.63) is 23.8 Å². The number of rotatable bonds is 6. The molecule has 5 atom stereocenters. The van der Waals surface area contributed by atoms with Crippen LogP contribution in [0.4, 0.5) is 0 Å². The molecule has 0 bridgehead atoms. The van der Waals surface area contributed by atoms with Crippen LogP contribution >= 0.6 is 0 Å². The number of benzene rings is 1. The molecular weight excluding hydrogens is 332 g/mol. The third-order valence-electron chi connectivity index (χ3n) is 4.14. The number of hydrogen-bond donors (Lipinski definition) is 6. The summed E-state index contributed by atoms with van der Waals surface area (Å²) < 4.78 is 10.9. The maximum absolute atomic E-state index is 10.1. The van der Waals surface area contributed by atoms with Gasteiger partial charge < -0.3 is 40.1 Å². The topological polar surface area (TPSA) is 140 Å². The Bertz CT molecular complexity index is 568. The summed E-state index contributed by atoms with van der Waals surface area (Å²) in [5.41, 5.74) is -0.328. The Balaban J connectivity index is 2.18. The largest absolute Gasteiger partial charge is 0.508 e.